The molecule has 0 radical (unpaired) electrons. The fourth-order valence-electron chi connectivity index (χ4n) is 4.10. The van der Waals surface area contributed by atoms with Crippen LogP contribution in [0.15, 0.2) is 0 Å². The highest BCUT2D eigenvalue weighted by Gasteiger charge is 2.37. The van der Waals surface area contributed by atoms with Gasteiger partial charge in [-0.2, -0.15) is 0 Å². The van der Waals surface area contributed by atoms with Gasteiger partial charge < -0.3 is 10.4 Å². The first-order valence-corrected chi connectivity index (χ1v) is 8.77. The number of aromatic nitrogens is 1. The average molecular weight is 307 g/mol. The Balaban J connectivity index is 1.49. The van der Waals surface area contributed by atoms with Crippen molar-refractivity contribution in [2.45, 2.75) is 56.5 Å². The Morgan fingerprint density at radius 2 is 2.19 bits per heavy atom. The van der Waals surface area contributed by atoms with Gasteiger partial charge in [0.1, 0.15) is 5.92 Å². The summed E-state index contributed by atoms with van der Waals surface area (Å²) in [6, 6.07) is 1.13. The summed E-state index contributed by atoms with van der Waals surface area (Å²) in [7, 11) is 0. The molecule has 21 heavy (non-hydrogen) atoms. The molecule has 2 aliphatic heterocycles. The summed E-state index contributed by atoms with van der Waals surface area (Å²) in [5, 5.41) is 13.8. The van der Waals surface area contributed by atoms with Crippen LogP contribution in [0.25, 0.3) is 0 Å². The van der Waals surface area contributed by atoms with Gasteiger partial charge in [-0.3, -0.25) is 9.69 Å². The molecular formula is C15H21N3O2S. The first kappa shape index (κ1) is 13.5. The number of carboxylic acid groups (broad SMARTS) is 1. The number of nitrogens with zero attached hydrogens (tertiary/aromatic N) is 2. The van der Waals surface area contributed by atoms with Crippen molar-refractivity contribution in [3.8, 4) is 0 Å². The molecule has 0 bridgehead atoms. The summed E-state index contributed by atoms with van der Waals surface area (Å²) in [5.41, 5.74) is 0.813. The van der Waals surface area contributed by atoms with Crippen molar-refractivity contribution in [1.29, 1.82) is 0 Å². The van der Waals surface area contributed by atoms with Crippen molar-refractivity contribution >= 4 is 22.4 Å². The van der Waals surface area contributed by atoms with Crippen molar-refractivity contribution in [3.05, 3.63) is 10.6 Å². The van der Waals surface area contributed by atoms with Crippen LogP contribution in [0.5, 0.6) is 0 Å². The van der Waals surface area contributed by atoms with E-state index in [0.717, 1.165) is 17.2 Å². The number of piperidine rings is 1. The molecule has 1 aliphatic carbocycles. The second kappa shape index (κ2) is 5.25. The minimum Gasteiger partial charge on any atom is -0.481 e. The second-order valence-electron chi connectivity index (χ2n) is 6.40. The molecule has 3 unspecified atom stereocenters. The van der Waals surface area contributed by atoms with Crippen LogP contribution in [0, 0.1) is 0 Å². The molecule has 3 atom stereocenters. The van der Waals surface area contributed by atoms with Gasteiger partial charge in [0, 0.05) is 23.5 Å². The highest BCUT2D eigenvalue weighted by molar-refractivity contribution is 7.15. The van der Waals surface area contributed by atoms with Crippen molar-refractivity contribution in [3.63, 3.8) is 0 Å². The minimum atomic E-state index is -0.732. The molecule has 0 amide bonds. The summed E-state index contributed by atoms with van der Waals surface area (Å²) >= 11 is 1.67. The van der Waals surface area contributed by atoms with Crippen LogP contribution < -0.4 is 5.32 Å². The highest BCUT2D eigenvalue weighted by Crippen LogP contribution is 2.39. The average Bonchev–Trinajstić information content (AvgIpc) is 3.13. The Hall–Kier alpha value is -1.14. The van der Waals surface area contributed by atoms with E-state index in [1.165, 1.54) is 43.6 Å². The minimum absolute atomic E-state index is 0.387. The van der Waals surface area contributed by atoms with Crippen molar-refractivity contribution in [1.82, 2.24) is 9.88 Å². The summed E-state index contributed by atoms with van der Waals surface area (Å²) in [4.78, 5) is 19.6. The monoisotopic (exact) mass is 307 g/mol. The van der Waals surface area contributed by atoms with Gasteiger partial charge in [0.15, 0.2) is 5.13 Å². The molecule has 0 saturated carbocycles. The van der Waals surface area contributed by atoms with E-state index in [4.69, 9.17) is 0 Å². The van der Waals surface area contributed by atoms with Crippen LogP contribution in [-0.2, 0) is 11.2 Å². The van der Waals surface area contributed by atoms with E-state index in [-0.39, 0.29) is 5.92 Å². The number of carboxylic acids is 1. The number of carbonyl (C=O) groups is 1. The fourth-order valence-corrected chi connectivity index (χ4v) is 5.20. The number of fused-ring (bicyclic) bond motifs is 2. The van der Waals surface area contributed by atoms with Crippen LogP contribution in [0.1, 0.15) is 48.6 Å². The maximum atomic E-state index is 11.2. The van der Waals surface area contributed by atoms with Gasteiger partial charge in [0.05, 0.1) is 5.69 Å². The highest BCUT2D eigenvalue weighted by atomic mass is 32.1. The molecule has 1 aromatic heterocycles. The zero-order chi connectivity index (χ0) is 14.4. The van der Waals surface area contributed by atoms with Gasteiger partial charge in [0.25, 0.3) is 0 Å². The Bertz CT molecular complexity index is 559. The summed E-state index contributed by atoms with van der Waals surface area (Å²) in [6.07, 6.45) is 6.69. The number of nitrogens with one attached hydrogen (secondary N) is 1. The lowest BCUT2D eigenvalue weighted by atomic mass is 9.99. The third kappa shape index (κ3) is 2.34. The summed E-state index contributed by atoms with van der Waals surface area (Å²) in [5.74, 6) is -1.12. The SMILES string of the molecule is O=C(O)C1CCc2sc(NC3CCN4CCCCC34)nc21. The number of hydrogen-bond donors (Lipinski definition) is 2. The predicted molar refractivity (Wildman–Crippen MR) is 82.1 cm³/mol. The number of aryl methyl sites for hydroxylation is 1. The Morgan fingerprint density at radius 1 is 1.29 bits per heavy atom. The van der Waals surface area contributed by atoms with Gasteiger partial charge in [-0.1, -0.05) is 6.42 Å². The lowest BCUT2D eigenvalue weighted by molar-refractivity contribution is -0.138. The molecule has 2 N–H and O–H groups in total. The van der Waals surface area contributed by atoms with Crippen LogP contribution in [0.4, 0.5) is 5.13 Å². The number of thiazole rings is 1. The molecule has 1 aromatic rings. The van der Waals surface area contributed by atoms with E-state index in [2.05, 4.69) is 15.2 Å². The van der Waals surface area contributed by atoms with E-state index in [0.29, 0.717) is 18.5 Å². The lowest BCUT2D eigenvalue weighted by Gasteiger charge is -2.32. The molecule has 5 nitrogen and oxygen atoms in total. The molecule has 2 saturated heterocycles. The third-order valence-electron chi connectivity index (χ3n) is 5.18. The normalized spacial score (nSPS) is 31.9. The second-order valence-corrected chi connectivity index (χ2v) is 7.48. The molecular weight excluding hydrogens is 286 g/mol. The fraction of sp³-hybridized carbons (Fsp3) is 0.733. The van der Waals surface area contributed by atoms with Gasteiger partial charge >= 0.3 is 5.97 Å². The van der Waals surface area contributed by atoms with E-state index in [1.54, 1.807) is 11.3 Å². The molecule has 0 spiro atoms. The maximum absolute atomic E-state index is 11.2. The zero-order valence-corrected chi connectivity index (χ0v) is 12.9. The molecule has 114 valence electrons. The third-order valence-corrected chi connectivity index (χ3v) is 6.24. The van der Waals surface area contributed by atoms with Crippen LogP contribution >= 0.6 is 11.3 Å². The van der Waals surface area contributed by atoms with Crippen LogP contribution in [-0.4, -0.2) is 46.1 Å². The van der Waals surface area contributed by atoms with Crippen molar-refractivity contribution < 1.29 is 9.90 Å². The Morgan fingerprint density at radius 3 is 3.05 bits per heavy atom. The first-order valence-electron chi connectivity index (χ1n) is 7.95. The van der Waals surface area contributed by atoms with Crippen molar-refractivity contribution in [2.24, 2.45) is 0 Å². The Kier molecular flexibility index (Phi) is 3.38. The van der Waals surface area contributed by atoms with Gasteiger partial charge in [-0.15, -0.1) is 11.3 Å². The van der Waals surface area contributed by atoms with Gasteiger partial charge in [-0.05, 0) is 38.6 Å². The Labute approximate surface area is 128 Å². The van der Waals surface area contributed by atoms with Crippen LogP contribution in [0.2, 0.25) is 0 Å². The predicted octanol–water partition coefficient (Wildman–Crippen LogP) is 2.30. The molecule has 3 heterocycles. The van der Waals surface area contributed by atoms with Gasteiger partial charge in [0.2, 0.25) is 0 Å². The van der Waals surface area contributed by atoms with Crippen molar-refractivity contribution in [2.75, 3.05) is 18.4 Å². The van der Waals surface area contributed by atoms with E-state index in [1.807, 2.05) is 0 Å². The standard InChI is InChI=1S/C15H21N3O2S/c19-14(20)9-4-5-12-13(9)17-15(21-12)16-10-6-8-18-7-2-1-3-11(10)18/h9-11H,1-8H2,(H,16,17)(H,19,20). The van der Waals surface area contributed by atoms with E-state index in [9.17, 15) is 9.90 Å². The number of anilines is 1. The quantitative estimate of drug-likeness (QED) is 0.897. The molecule has 4 rings (SSSR count). The first-order chi connectivity index (χ1) is 10.2. The molecule has 0 aromatic carbocycles. The maximum Gasteiger partial charge on any atom is 0.312 e. The number of hydrogen-bond acceptors (Lipinski definition) is 5. The zero-order valence-electron chi connectivity index (χ0n) is 12.0. The number of rotatable bonds is 3. The lowest BCUT2D eigenvalue weighted by Crippen LogP contribution is -2.41. The van der Waals surface area contributed by atoms with E-state index < -0.39 is 5.97 Å². The number of aliphatic carboxylic acids is 1. The topological polar surface area (TPSA) is 65.5 Å². The molecule has 2 fully saturated rings. The molecule has 3 aliphatic rings. The molecule has 6 heteroatoms. The van der Waals surface area contributed by atoms with Gasteiger partial charge in [-0.25, -0.2) is 4.98 Å². The van der Waals surface area contributed by atoms with Crippen LogP contribution in [0.3, 0.4) is 0 Å². The summed E-state index contributed by atoms with van der Waals surface area (Å²) < 4.78 is 0. The smallest absolute Gasteiger partial charge is 0.312 e. The van der Waals surface area contributed by atoms with E-state index >= 15 is 0 Å². The summed E-state index contributed by atoms with van der Waals surface area (Å²) in [6.45, 7) is 2.42. The largest absolute Gasteiger partial charge is 0.481 e.